The van der Waals surface area contributed by atoms with Crippen molar-refractivity contribution >= 4 is 29.2 Å². The zero-order chi connectivity index (χ0) is 17.6. The van der Waals surface area contributed by atoms with Gasteiger partial charge in [-0.05, 0) is 23.8 Å². The van der Waals surface area contributed by atoms with Crippen molar-refractivity contribution in [3.05, 3.63) is 40.6 Å². The van der Waals surface area contributed by atoms with E-state index in [0.717, 1.165) is 11.3 Å². The van der Waals surface area contributed by atoms with E-state index in [1.54, 1.807) is 24.1 Å². The Kier molecular flexibility index (Phi) is 3.80. The van der Waals surface area contributed by atoms with Crippen molar-refractivity contribution in [3.8, 4) is 11.7 Å². The molecule has 0 saturated heterocycles. The fourth-order valence-electron chi connectivity index (χ4n) is 2.77. The van der Waals surface area contributed by atoms with E-state index in [4.69, 9.17) is 25.9 Å². The second-order valence-corrected chi connectivity index (χ2v) is 6.75. The smallest absolute Gasteiger partial charge is 0.371 e. The van der Waals surface area contributed by atoms with Gasteiger partial charge in [-0.25, -0.2) is 4.79 Å². The Labute approximate surface area is 143 Å². The Morgan fingerprint density at radius 1 is 1.38 bits per heavy atom. The first-order chi connectivity index (χ1) is 11.2. The molecule has 7 heteroatoms. The van der Waals surface area contributed by atoms with Crippen molar-refractivity contribution in [2.75, 3.05) is 11.9 Å². The number of carbonyl (C=O) groups is 2. The molecule has 2 aromatic rings. The van der Waals surface area contributed by atoms with Gasteiger partial charge in [0.15, 0.2) is 0 Å². The third-order valence-corrected chi connectivity index (χ3v) is 4.41. The molecule has 1 aromatic carbocycles. The number of fused-ring (bicyclic) bond motifs is 1. The highest BCUT2D eigenvalue weighted by molar-refractivity contribution is 6.32. The molecule has 6 nitrogen and oxygen atoms in total. The minimum Gasteiger partial charge on any atom is -0.475 e. The summed E-state index contributed by atoms with van der Waals surface area (Å²) in [6.07, 6.45) is 0.376. The van der Waals surface area contributed by atoms with Crippen molar-refractivity contribution < 1.29 is 23.8 Å². The molecule has 1 amide bonds. The lowest BCUT2D eigenvalue weighted by Crippen LogP contribution is -2.39. The number of benzene rings is 1. The lowest BCUT2D eigenvalue weighted by atomic mass is 9.77. The summed E-state index contributed by atoms with van der Waals surface area (Å²) in [5, 5.41) is 9.19. The van der Waals surface area contributed by atoms with Crippen molar-refractivity contribution in [2.45, 2.75) is 25.7 Å². The molecule has 3 rings (SSSR count). The summed E-state index contributed by atoms with van der Waals surface area (Å²) in [6, 6.07) is 6.16. The van der Waals surface area contributed by atoms with Crippen LogP contribution in [0, 0.1) is 0 Å². The van der Waals surface area contributed by atoms with E-state index in [2.05, 4.69) is 0 Å². The Balaban J connectivity index is 2.01. The molecule has 0 fully saturated rings. The normalized spacial score (nSPS) is 16.0. The van der Waals surface area contributed by atoms with Crippen LogP contribution in [0.5, 0.6) is 11.7 Å². The zero-order valence-corrected chi connectivity index (χ0v) is 14.2. The first kappa shape index (κ1) is 16.4. The predicted molar refractivity (Wildman–Crippen MR) is 88.2 cm³/mol. The number of nitrogens with zero attached hydrogens (tertiary/aromatic N) is 1. The van der Waals surface area contributed by atoms with Gasteiger partial charge in [-0.1, -0.05) is 25.4 Å². The average molecular weight is 350 g/mol. The van der Waals surface area contributed by atoms with Crippen LogP contribution in [0.3, 0.4) is 0 Å². The number of ether oxygens (including phenoxy) is 1. The molecule has 2 heterocycles. The predicted octanol–water partition coefficient (Wildman–Crippen LogP) is 4.07. The number of carboxylic acid groups (broad SMARTS) is 1. The number of carbonyl (C=O) groups excluding carboxylic acids is 1. The van der Waals surface area contributed by atoms with Crippen LogP contribution in [0.25, 0.3) is 0 Å². The number of rotatable bonds is 3. The lowest BCUT2D eigenvalue weighted by molar-refractivity contribution is -0.119. The molecule has 1 aliphatic rings. The number of anilines is 1. The summed E-state index contributed by atoms with van der Waals surface area (Å²) in [6.45, 7) is 3.95. The molecule has 0 aliphatic carbocycles. The molecule has 0 spiro atoms. The highest BCUT2D eigenvalue weighted by Gasteiger charge is 2.36. The van der Waals surface area contributed by atoms with Crippen molar-refractivity contribution in [1.29, 1.82) is 0 Å². The Bertz CT molecular complexity index is 840. The van der Waals surface area contributed by atoms with Crippen LogP contribution in [0.15, 0.2) is 28.7 Å². The van der Waals surface area contributed by atoms with E-state index in [1.807, 2.05) is 13.8 Å². The summed E-state index contributed by atoms with van der Waals surface area (Å²) >= 11 is 6.27. The maximum absolute atomic E-state index is 12.1. The molecular formula is C17H16ClNO5. The van der Waals surface area contributed by atoms with Crippen molar-refractivity contribution in [3.63, 3.8) is 0 Å². The zero-order valence-electron chi connectivity index (χ0n) is 13.4. The summed E-state index contributed by atoms with van der Waals surface area (Å²) in [7, 11) is 1.71. The molecule has 0 bridgehead atoms. The van der Waals surface area contributed by atoms with E-state index in [1.165, 1.54) is 12.1 Å². The minimum atomic E-state index is -1.18. The van der Waals surface area contributed by atoms with E-state index >= 15 is 0 Å². The first-order valence-corrected chi connectivity index (χ1v) is 7.68. The third-order valence-electron chi connectivity index (χ3n) is 4.11. The lowest BCUT2D eigenvalue weighted by Gasteiger charge is -2.37. The van der Waals surface area contributed by atoms with Gasteiger partial charge in [0.2, 0.25) is 11.7 Å². The first-order valence-electron chi connectivity index (χ1n) is 7.30. The molecule has 1 aromatic heterocycles. The monoisotopic (exact) mass is 349 g/mol. The van der Waals surface area contributed by atoms with Gasteiger partial charge in [0, 0.05) is 30.6 Å². The number of amides is 1. The molecular weight excluding hydrogens is 334 g/mol. The fraction of sp³-hybridized carbons (Fsp3) is 0.294. The second kappa shape index (κ2) is 5.56. The van der Waals surface area contributed by atoms with Crippen molar-refractivity contribution in [2.24, 2.45) is 0 Å². The Hall–Kier alpha value is -2.47. The number of hydrogen-bond donors (Lipinski definition) is 1. The number of halogens is 1. The molecule has 0 radical (unpaired) electrons. The third kappa shape index (κ3) is 2.73. The van der Waals surface area contributed by atoms with Crippen LogP contribution in [0.4, 0.5) is 5.69 Å². The fourth-order valence-corrected chi connectivity index (χ4v) is 2.96. The molecule has 0 saturated carbocycles. The topological polar surface area (TPSA) is 80.0 Å². The number of hydrogen-bond acceptors (Lipinski definition) is 4. The summed E-state index contributed by atoms with van der Waals surface area (Å²) < 4.78 is 10.7. The highest BCUT2D eigenvalue weighted by atomic mass is 35.5. The van der Waals surface area contributed by atoms with Crippen LogP contribution in [0.2, 0.25) is 5.02 Å². The van der Waals surface area contributed by atoms with Crippen LogP contribution in [-0.2, 0) is 10.2 Å². The van der Waals surface area contributed by atoms with E-state index in [-0.39, 0.29) is 23.0 Å². The quantitative estimate of drug-likeness (QED) is 0.903. The van der Waals surface area contributed by atoms with E-state index < -0.39 is 5.97 Å². The maximum atomic E-state index is 12.1. The summed E-state index contributed by atoms with van der Waals surface area (Å²) in [5.41, 5.74) is 1.30. The van der Waals surface area contributed by atoms with Crippen LogP contribution in [-0.4, -0.2) is 24.0 Å². The second-order valence-electron chi connectivity index (χ2n) is 6.34. The molecule has 126 valence electrons. The standard InChI is InChI=1S/C17H16ClNO5/c1-17(2)8-14(20)19(3)11-7-10(18)13(6-9(11)17)24-15-5-4-12(23-15)16(21)22/h4-7H,8H2,1-3H3,(H,21,22). The van der Waals surface area contributed by atoms with Crippen LogP contribution >= 0.6 is 11.6 Å². The SMILES string of the molecule is CN1C(=O)CC(C)(C)c2cc(Oc3ccc(C(=O)O)o3)c(Cl)cc21. The Morgan fingerprint density at radius 2 is 2.08 bits per heavy atom. The molecule has 24 heavy (non-hydrogen) atoms. The maximum Gasteiger partial charge on any atom is 0.371 e. The van der Waals surface area contributed by atoms with E-state index in [0.29, 0.717) is 17.2 Å². The number of aromatic carboxylic acids is 1. The van der Waals surface area contributed by atoms with Crippen LogP contribution < -0.4 is 9.64 Å². The number of carboxylic acids is 1. The highest BCUT2D eigenvalue weighted by Crippen LogP contribution is 2.45. The van der Waals surface area contributed by atoms with Gasteiger partial charge in [-0.3, -0.25) is 4.79 Å². The van der Waals surface area contributed by atoms with Gasteiger partial charge in [-0.15, -0.1) is 0 Å². The molecule has 0 unspecified atom stereocenters. The van der Waals surface area contributed by atoms with Crippen LogP contribution in [0.1, 0.15) is 36.4 Å². The summed E-state index contributed by atoms with van der Waals surface area (Å²) in [4.78, 5) is 24.5. The van der Waals surface area contributed by atoms with Crippen molar-refractivity contribution in [1.82, 2.24) is 0 Å². The van der Waals surface area contributed by atoms with Gasteiger partial charge in [0.05, 0.1) is 5.02 Å². The van der Waals surface area contributed by atoms with Gasteiger partial charge < -0.3 is 19.2 Å². The largest absolute Gasteiger partial charge is 0.475 e. The number of furan rings is 1. The van der Waals surface area contributed by atoms with Gasteiger partial charge in [0.25, 0.3) is 5.95 Å². The molecule has 1 aliphatic heterocycles. The summed E-state index contributed by atoms with van der Waals surface area (Å²) in [5.74, 6) is -0.994. The van der Waals surface area contributed by atoms with Gasteiger partial charge in [0.1, 0.15) is 5.75 Å². The minimum absolute atomic E-state index is 0.0226. The molecule has 1 N–H and O–H groups in total. The Morgan fingerprint density at radius 3 is 2.71 bits per heavy atom. The van der Waals surface area contributed by atoms with Gasteiger partial charge >= 0.3 is 5.97 Å². The molecule has 0 atom stereocenters. The van der Waals surface area contributed by atoms with E-state index in [9.17, 15) is 9.59 Å². The van der Waals surface area contributed by atoms with Gasteiger partial charge in [-0.2, -0.15) is 0 Å². The average Bonchev–Trinajstić information content (AvgIpc) is 2.95.